The third kappa shape index (κ3) is 2.74. The predicted octanol–water partition coefficient (Wildman–Crippen LogP) is 1.14. The Labute approximate surface area is 101 Å². The van der Waals surface area contributed by atoms with Crippen LogP contribution in [0.3, 0.4) is 0 Å². The molecule has 0 aromatic carbocycles. The molecule has 2 rings (SSSR count). The molecule has 1 atom stereocenters. The fraction of sp³-hybridized carbons (Fsp3) is 0.500. The van der Waals surface area contributed by atoms with Gasteiger partial charge in [-0.2, -0.15) is 10.2 Å². The maximum absolute atomic E-state index is 4.36. The van der Waals surface area contributed by atoms with Crippen LogP contribution in [0.4, 0.5) is 0 Å². The summed E-state index contributed by atoms with van der Waals surface area (Å²) in [5.74, 6) is 0. The lowest BCUT2D eigenvalue weighted by Gasteiger charge is -2.06. The molecule has 5 nitrogen and oxygen atoms in total. The van der Waals surface area contributed by atoms with Crippen LogP contribution in [0.2, 0.25) is 0 Å². The standard InChI is InChI=1S/C12H19N5/c1-10(13-2)11-8-15-17(9-11)7-5-12-4-6-14-16(12)3/h4,6,8-10,13H,5,7H2,1-3H3. The zero-order chi connectivity index (χ0) is 12.3. The van der Waals surface area contributed by atoms with E-state index in [0.29, 0.717) is 6.04 Å². The van der Waals surface area contributed by atoms with Crippen molar-refractivity contribution in [1.29, 1.82) is 0 Å². The smallest absolute Gasteiger partial charge is 0.0537 e. The van der Waals surface area contributed by atoms with Gasteiger partial charge in [0.25, 0.3) is 0 Å². The molecule has 1 N–H and O–H groups in total. The van der Waals surface area contributed by atoms with E-state index in [0.717, 1.165) is 13.0 Å². The van der Waals surface area contributed by atoms with Crippen LogP contribution in [0.15, 0.2) is 24.7 Å². The third-order valence-electron chi connectivity index (χ3n) is 3.11. The lowest BCUT2D eigenvalue weighted by Crippen LogP contribution is -2.11. The van der Waals surface area contributed by atoms with E-state index in [1.54, 1.807) is 0 Å². The number of aromatic nitrogens is 4. The summed E-state index contributed by atoms with van der Waals surface area (Å²) in [6.07, 6.45) is 6.79. The Hall–Kier alpha value is -1.62. The number of nitrogens with zero attached hydrogens (tertiary/aromatic N) is 4. The minimum absolute atomic E-state index is 0.348. The molecule has 0 saturated heterocycles. The monoisotopic (exact) mass is 233 g/mol. The second kappa shape index (κ2) is 5.14. The molecule has 5 heteroatoms. The second-order valence-electron chi connectivity index (χ2n) is 4.24. The Morgan fingerprint density at radius 3 is 2.88 bits per heavy atom. The minimum Gasteiger partial charge on any atom is -0.313 e. The summed E-state index contributed by atoms with van der Waals surface area (Å²) < 4.78 is 3.89. The van der Waals surface area contributed by atoms with Gasteiger partial charge in [-0.05, 0) is 20.0 Å². The molecule has 0 fully saturated rings. The molecule has 2 aromatic rings. The van der Waals surface area contributed by atoms with Crippen LogP contribution in [0, 0.1) is 0 Å². The lowest BCUT2D eigenvalue weighted by atomic mass is 10.2. The summed E-state index contributed by atoms with van der Waals surface area (Å²) in [7, 11) is 3.92. The molecule has 0 radical (unpaired) electrons. The van der Waals surface area contributed by atoms with Crippen molar-refractivity contribution in [2.75, 3.05) is 7.05 Å². The van der Waals surface area contributed by atoms with Gasteiger partial charge in [0.2, 0.25) is 0 Å². The lowest BCUT2D eigenvalue weighted by molar-refractivity contribution is 0.583. The predicted molar refractivity (Wildman–Crippen MR) is 66.6 cm³/mol. The van der Waals surface area contributed by atoms with Gasteiger partial charge in [-0.1, -0.05) is 0 Å². The molecule has 0 bridgehead atoms. The second-order valence-corrected chi connectivity index (χ2v) is 4.24. The normalized spacial score (nSPS) is 12.9. The average molecular weight is 233 g/mol. The van der Waals surface area contributed by atoms with Crippen molar-refractivity contribution < 1.29 is 0 Å². The summed E-state index contributed by atoms with van der Waals surface area (Å²) in [4.78, 5) is 0. The molecular formula is C12H19N5. The number of hydrogen-bond acceptors (Lipinski definition) is 3. The quantitative estimate of drug-likeness (QED) is 0.842. The summed E-state index contributed by atoms with van der Waals surface area (Å²) in [6, 6.07) is 2.39. The van der Waals surface area contributed by atoms with Gasteiger partial charge < -0.3 is 5.32 Å². The van der Waals surface area contributed by atoms with Gasteiger partial charge in [0.15, 0.2) is 0 Å². The van der Waals surface area contributed by atoms with Gasteiger partial charge in [-0.25, -0.2) is 0 Å². The van der Waals surface area contributed by atoms with Crippen LogP contribution in [0.1, 0.15) is 24.2 Å². The van der Waals surface area contributed by atoms with Gasteiger partial charge in [-0.15, -0.1) is 0 Å². The third-order valence-corrected chi connectivity index (χ3v) is 3.11. The van der Waals surface area contributed by atoms with Gasteiger partial charge >= 0.3 is 0 Å². The van der Waals surface area contributed by atoms with E-state index >= 15 is 0 Å². The number of rotatable bonds is 5. The molecule has 0 spiro atoms. The van der Waals surface area contributed by atoms with Gasteiger partial charge in [0.05, 0.1) is 6.20 Å². The fourth-order valence-corrected chi connectivity index (χ4v) is 1.77. The molecule has 0 saturated carbocycles. The highest BCUT2D eigenvalue weighted by molar-refractivity contribution is 5.09. The van der Waals surface area contributed by atoms with Crippen LogP contribution in [0.25, 0.3) is 0 Å². The molecule has 2 aromatic heterocycles. The van der Waals surface area contributed by atoms with E-state index in [-0.39, 0.29) is 0 Å². The molecule has 17 heavy (non-hydrogen) atoms. The first-order valence-corrected chi connectivity index (χ1v) is 5.87. The summed E-state index contributed by atoms with van der Waals surface area (Å²) in [5.41, 5.74) is 2.45. The average Bonchev–Trinajstić information content (AvgIpc) is 2.94. The highest BCUT2D eigenvalue weighted by atomic mass is 15.3. The van der Waals surface area contributed by atoms with Crippen molar-refractivity contribution in [2.24, 2.45) is 7.05 Å². The Kier molecular flexibility index (Phi) is 3.58. The van der Waals surface area contributed by atoms with Crippen molar-refractivity contribution in [3.05, 3.63) is 35.9 Å². The van der Waals surface area contributed by atoms with Gasteiger partial charge in [0.1, 0.15) is 0 Å². The summed E-state index contributed by atoms with van der Waals surface area (Å²) in [5, 5.41) is 11.7. The van der Waals surface area contributed by atoms with Crippen molar-refractivity contribution in [1.82, 2.24) is 24.9 Å². The maximum atomic E-state index is 4.36. The maximum Gasteiger partial charge on any atom is 0.0537 e. The first-order chi connectivity index (χ1) is 8.20. The van der Waals surface area contributed by atoms with Crippen LogP contribution < -0.4 is 5.32 Å². The van der Waals surface area contributed by atoms with Crippen LogP contribution in [-0.4, -0.2) is 26.6 Å². The first kappa shape index (κ1) is 11.9. The molecule has 1 unspecified atom stereocenters. The van der Waals surface area contributed by atoms with Crippen molar-refractivity contribution in [3.63, 3.8) is 0 Å². The number of nitrogens with one attached hydrogen (secondary N) is 1. The molecule has 0 aliphatic rings. The van der Waals surface area contributed by atoms with E-state index in [1.165, 1.54) is 11.3 Å². The topological polar surface area (TPSA) is 47.7 Å². The van der Waals surface area contributed by atoms with E-state index < -0.39 is 0 Å². The largest absolute Gasteiger partial charge is 0.313 e. The molecule has 0 amide bonds. The molecule has 0 aliphatic carbocycles. The minimum atomic E-state index is 0.348. The number of hydrogen-bond donors (Lipinski definition) is 1. The zero-order valence-corrected chi connectivity index (χ0v) is 10.6. The van der Waals surface area contributed by atoms with Gasteiger partial charge in [0, 0.05) is 49.7 Å². The Morgan fingerprint density at radius 1 is 1.41 bits per heavy atom. The van der Waals surface area contributed by atoms with Crippen LogP contribution in [0.5, 0.6) is 0 Å². The summed E-state index contributed by atoms with van der Waals surface area (Å²) in [6.45, 7) is 3.01. The van der Waals surface area contributed by atoms with E-state index in [4.69, 9.17) is 0 Å². The molecule has 2 heterocycles. The van der Waals surface area contributed by atoms with E-state index in [9.17, 15) is 0 Å². The Balaban J connectivity index is 1.96. The van der Waals surface area contributed by atoms with E-state index in [1.807, 2.05) is 41.9 Å². The summed E-state index contributed by atoms with van der Waals surface area (Å²) >= 11 is 0. The SMILES string of the molecule is CNC(C)c1cnn(CCc2ccnn2C)c1. The first-order valence-electron chi connectivity index (χ1n) is 5.87. The molecular weight excluding hydrogens is 214 g/mol. The zero-order valence-electron chi connectivity index (χ0n) is 10.6. The Bertz CT molecular complexity index is 471. The van der Waals surface area contributed by atoms with E-state index in [2.05, 4.69) is 28.6 Å². The molecule has 0 aliphatic heterocycles. The number of aryl methyl sites for hydroxylation is 3. The van der Waals surface area contributed by atoms with Crippen molar-refractivity contribution >= 4 is 0 Å². The highest BCUT2D eigenvalue weighted by Gasteiger charge is 2.06. The fourth-order valence-electron chi connectivity index (χ4n) is 1.77. The highest BCUT2D eigenvalue weighted by Crippen LogP contribution is 2.10. The van der Waals surface area contributed by atoms with Crippen molar-refractivity contribution in [2.45, 2.75) is 25.9 Å². The van der Waals surface area contributed by atoms with Crippen molar-refractivity contribution in [3.8, 4) is 0 Å². The van der Waals surface area contributed by atoms with Crippen LogP contribution >= 0.6 is 0 Å². The van der Waals surface area contributed by atoms with Crippen LogP contribution in [-0.2, 0) is 20.0 Å². The Morgan fingerprint density at radius 2 is 2.24 bits per heavy atom. The molecule has 92 valence electrons. The van der Waals surface area contributed by atoms with Gasteiger partial charge in [-0.3, -0.25) is 9.36 Å².